The maximum absolute atomic E-state index is 11.7. The second kappa shape index (κ2) is 11.8. The summed E-state index contributed by atoms with van der Waals surface area (Å²) in [7, 11) is -3.13. The molecule has 0 spiro atoms. The van der Waals surface area contributed by atoms with Gasteiger partial charge in [0, 0.05) is 70.3 Å². The number of piperazine rings is 1. The minimum absolute atomic E-state index is 0.400. The van der Waals surface area contributed by atoms with Crippen LogP contribution in [0.4, 0.5) is 0 Å². The Morgan fingerprint density at radius 1 is 0.971 bits per heavy atom. The summed E-state index contributed by atoms with van der Waals surface area (Å²) in [5.74, 6) is 0.666. The third-order valence-corrected chi connectivity index (χ3v) is 9.41. The van der Waals surface area contributed by atoms with Crippen LogP contribution in [0.1, 0.15) is 57.9 Å². The Morgan fingerprint density at radius 3 is 2.41 bits per heavy atom. The quantitative estimate of drug-likeness (QED) is 0.492. The number of nitrogens with zero attached hydrogens (tertiary/aromatic N) is 3. The average Bonchev–Trinajstić information content (AvgIpc) is 2.80. The van der Waals surface area contributed by atoms with Gasteiger partial charge in [0.15, 0.2) is 9.84 Å². The monoisotopic (exact) mass is 491 g/mol. The fourth-order valence-electron chi connectivity index (χ4n) is 6.22. The standard InChI is InChI=1S/C27H45N3O3S/c1-22-6-4-7-23(2)30(22)14-5-17-33-21-25-8-11-26-20-28(15-16-29(26)19-25)18-24-9-12-27(13-10-24)34(3,31)32/h9-10,12-13,22-23,25-26H,4-8,11,14-21H2,1-3H3. The van der Waals surface area contributed by atoms with Crippen molar-refractivity contribution in [3.63, 3.8) is 0 Å². The molecule has 0 bridgehead atoms. The van der Waals surface area contributed by atoms with E-state index in [0.29, 0.717) is 16.9 Å². The summed E-state index contributed by atoms with van der Waals surface area (Å²) in [4.78, 5) is 8.28. The first-order chi connectivity index (χ1) is 16.3. The highest BCUT2D eigenvalue weighted by Gasteiger charge is 2.33. The Labute approximate surface area is 207 Å². The Hall–Kier alpha value is -0.990. The molecule has 3 aliphatic heterocycles. The van der Waals surface area contributed by atoms with Gasteiger partial charge in [0.05, 0.1) is 11.5 Å². The molecule has 192 valence electrons. The second-order valence-corrected chi connectivity index (χ2v) is 13.1. The van der Waals surface area contributed by atoms with Crippen molar-refractivity contribution >= 4 is 9.84 Å². The third kappa shape index (κ3) is 7.03. The lowest BCUT2D eigenvalue weighted by molar-refractivity contribution is -0.00443. The van der Waals surface area contributed by atoms with Crippen LogP contribution in [0.2, 0.25) is 0 Å². The molecule has 3 aliphatic rings. The predicted molar refractivity (Wildman–Crippen MR) is 138 cm³/mol. The van der Waals surface area contributed by atoms with Gasteiger partial charge in [-0.15, -0.1) is 0 Å². The molecule has 0 aromatic heterocycles. The van der Waals surface area contributed by atoms with E-state index in [1.54, 1.807) is 12.1 Å². The van der Waals surface area contributed by atoms with E-state index >= 15 is 0 Å². The first-order valence-electron chi connectivity index (χ1n) is 13.4. The van der Waals surface area contributed by atoms with E-state index in [0.717, 1.165) is 57.9 Å². The summed E-state index contributed by atoms with van der Waals surface area (Å²) in [5, 5.41) is 0. The highest BCUT2D eigenvalue weighted by molar-refractivity contribution is 7.90. The number of likely N-dealkylation sites (tertiary alicyclic amines) is 1. The molecule has 0 saturated carbocycles. The topological polar surface area (TPSA) is 53.1 Å². The van der Waals surface area contributed by atoms with Crippen LogP contribution in [0.25, 0.3) is 0 Å². The number of piperidine rings is 2. The maximum atomic E-state index is 11.7. The molecule has 0 radical (unpaired) electrons. The van der Waals surface area contributed by atoms with E-state index in [2.05, 4.69) is 28.5 Å². The summed E-state index contributed by atoms with van der Waals surface area (Å²) in [6, 6.07) is 9.49. The smallest absolute Gasteiger partial charge is 0.175 e. The molecule has 7 heteroatoms. The molecule has 3 fully saturated rings. The lowest BCUT2D eigenvalue weighted by atomic mass is 9.91. The predicted octanol–water partition coefficient (Wildman–Crippen LogP) is 3.66. The fourth-order valence-corrected chi connectivity index (χ4v) is 6.85. The second-order valence-electron chi connectivity index (χ2n) is 11.0. The van der Waals surface area contributed by atoms with Gasteiger partial charge in [0.1, 0.15) is 0 Å². The summed E-state index contributed by atoms with van der Waals surface area (Å²) in [6.07, 6.45) is 8.99. The van der Waals surface area contributed by atoms with Crippen molar-refractivity contribution in [1.82, 2.24) is 14.7 Å². The van der Waals surface area contributed by atoms with E-state index in [9.17, 15) is 8.42 Å². The first kappa shape index (κ1) is 26.1. The van der Waals surface area contributed by atoms with Crippen LogP contribution in [0.15, 0.2) is 29.2 Å². The van der Waals surface area contributed by atoms with Crippen molar-refractivity contribution in [3.05, 3.63) is 29.8 Å². The number of hydrogen-bond donors (Lipinski definition) is 0. The molecule has 34 heavy (non-hydrogen) atoms. The SMILES string of the molecule is CC1CCCC(C)N1CCCOCC1CCC2CN(Cc3ccc(S(C)(=O)=O)cc3)CCN2C1. The molecule has 0 aliphatic carbocycles. The van der Waals surface area contributed by atoms with Gasteiger partial charge in [-0.25, -0.2) is 8.42 Å². The summed E-state index contributed by atoms with van der Waals surface area (Å²) < 4.78 is 29.5. The highest BCUT2D eigenvalue weighted by atomic mass is 32.2. The van der Waals surface area contributed by atoms with E-state index < -0.39 is 9.84 Å². The maximum Gasteiger partial charge on any atom is 0.175 e. The van der Waals surface area contributed by atoms with Crippen LogP contribution in [0.5, 0.6) is 0 Å². The van der Waals surface area contributed by atoms with Gasteiger partial charge in [-0.05, 0) is 69.6 Å². The molecule has 4 atom stereocenters. The van der Waals surface area contributed by atoms with E-state index in [4.69, 9.17) is 4.74 Å². The lowest BCUT2D eigenvalue weighted by Gasteiger charge is -2.46. The summed E-state index contributed by atoms with van der Waals surface area (Å²) >= 11 is 0. The summed E-state index contributed by atoms with van der Waals surface area (Å²) in [6.45, 7) is 13.1. The van der Waals surface area contributed by atoms with Crippen LogP contribution in [-0.2, 0) is 21.1 Å². The van der Waals surface area contributed by atoms with Crippen LogP contribution in [0.3, 0.4) is 0 Å². The fraction of sp³-hybridized carbons (Fsp3) is 0.778. The minimum atomic E-state index is -3.13. The Morgan fingerprint density at radius 2 is 1.71 bits per heavy atom. The Kier molecular flexibility index (Phi) is 9.08. The molecule has 4 rings (SSSR count). The van der Waals surface area contributed by atoms with Gasteiger partial charge in [0.25, 0.3) is 0 Å². The van der Waals surface area contributed by atoms with Gasteiger partial charge in [-0.1, -0.05) is 18.6 Å². The number of sulfone groups is 1. The molecule has 0 amide bonds. The third-order valence-electron chi connectivity index (χ3n) is 8.28. The van der Waals surface area contributed by atoms with Gasteiger partial charge >= 0.3 is 0 Å². The van der Waals surface area contributed by atoms with Crippen molar-refractivity contribution in [2.24, 2.45) is 5.92 Å². The molecule has 1 aromatic carbocycles. The zero-order valence-electron chi connectivity index (χ0n) is 21.5. The van der Waals surface area contributed by atoms with Crippen LogP contribution in [0, 0.1) is 5.92 Å². The van der Waals surface area contributed by atoms with Crippen molar-refractivity contribution in [1.29, 1.82) is 0 Å². The van der Waals surface area contributed by atoms with Crippen molar-refractivity contribution in [2.45, 2.75) is 81.9 Å². The van der Waals surface area contributed by atoms with Gasteiger partial charge in [-0.3, -0.25) is 14.7 Å². The minimum Gasteiger partial charge on any atom is -0.381 e. The Bertz CT molecular complexity index is 866. The van der Waals surface area contributed by atoms with Crippen LogP contribution >= 0.6 is 0 Å². The molecular formula is C27H45N3O3S. The van der Waals surface area contributed by atoms with Gasteiger partial charge < -0.3 is 4.74 Å². The Balaban J connectivity index is 1.13. The molecule has 1 aromatic rings. The van der Waals surface area contributed by atoms with E-state index in [1.165, 1.54) is 57.0 Å². The molecule has 3 saturated heterocycles. The number of fused-ring (bicyclic) bond motifs is 1. The largest absolute Gasteiger partial charge is 0.381 e. The van der Waals surface area contributed by atoms with Crippen molar-refractivity contribution in [3.8, 4) is 0 Å². The number of hydrogen-bond acceptors (Lipinski definition) is 6. The van der Waals surface area contributed by atoms with Crippen molar-refractivity contribution in [2.75, 3.05) is 52.2 Å². The lowest BCUT2D eigenvalue weighted by Crippen LogP contribution is -2.56. The summed E-state index contributed by atoms with van der Waals surface area (Å²) in [5.41, 5.74) is 1.19. The van der Waals surface area contributed by atoms with Gasteiger partial charge in [-0.2, -0.15) is 0 Å². The first-order valence-corrected chi connectivity index (χ1v) is 15.3. The zero-order valence-corrected chi connectivity index (χ0v) is 22.3. The number of rotatable bonds is 9. The van der Waals surface area contributed by atoms with Crippen LogP contribution in [-0.4, -0.2) is 93.4 Å². The van der Waals surface area contributed by atoms with Gasteiger partial charge in [0.2, 0.25) is 0 Å². The average molecular weight is 492 g/mol. The normalized spacial score (nSPS) is 29.7. The molecule has 0 N–H and O–H groups in total. The molecule has 4 unspecified atom stereocenters. The van der Waals surface area contributed by atoms with E-state index in [1.807, 2.05) is 12.1 Å². The highest BCUT2D eigenvalue weighted by Crippen LogP contribution is 2.27. The molecule has 6 nitrogen and oxygen atoms in total. The zero-order chi connectivity index (χ0) is 24.1. The number of benzene rings is 1. The molecule has 3 heterocycles. The van der Waals surface area contributed by atoms with E-state index in [-0.39, 0.29) is 0 Å². The number of ether oxygens (including phenoxy) is 1. The van der Waals surface area contributed by atoms with Crippen LogP contribution < -0.4 is 0 Å². The van der Waals surface area contributed by atoms with Crippen molar-refractivity contribution < 1.29 is 13.2 Å². The molecular weight excluding hydrogens is 446 g/mol.